The number of ether oxygens (including phenoxy) is 1. The molecule has 2 rings (SSSR count). The zero-order valence-electron chi connectivity index (χ0n) is 10.3. The SMILES string of the molecule is N/C=C/C1CCN(C(=O)OCc2ccccc2)C1. The van der Waals surface area contributed by atoms with E-state index in [0.717, 1.165) is 18.5 Å². The van der Waals surface area contributed by atoms with Crippen molar-refractivity contribution in [3.05, 3.63) is 48.2 Å². The normalized spacial score (nSPS) is 19.3. The number of hydrogen-bond donors (Lipinski definition) is 1. The van der Waals surface area contributed by atoms with Crippen LogP contribution < -0.4 is 5.73 Å². The van der Waals surface area contributed by atoms with Gasteiger partial charge in [0.05, 0.1) is 0 Å². The molecular weight excluding hydrogens is 228 g/mol. The molecular formula is C14H18N2O2. The highest BCUT2D eigenvalue weighted by Gasteiger charge is 2.25. The third-order valence-corrected chi connectivity index (χ3v) is 3.07. The molecule has 0 bridgehead atoms. The van der Waals surface area contributed by atoms with Gasteiger partial charge in [0, 0.05) is 13.1 Å². The molecule has 1 aliphatic heterocycles. The van der Waals surface area contributed by atoms with E-state index in [1.165, 1.54) is 0 Å². The first-order chi connectivity index (χ1) is 8.79. The van der Waals surface area contributed by atoms with Crippen molar-refractivity contribution in [3.63, 3.8) is 0 Å². The summed E-state index contributed by atoms with van der Waals surface area (Å²) in [6, 6.07) is 9.69. The first-order valence-electron chi connectivity index (χ1n) is 6.13. The predicted octanol–water partition coefficient (Wildman–Crippen LogP) is 2.12. The molecule has 0 radical (unpaired) electrons. The molecule has 96 valence electrons. The van der Waals surface area contributed by atoms with E-state index < -0.39 is 0 Å². The first kappa shape index (κ1) is 12.5. The van der Waals surface area contributed by atoms with Crippen molar-refractivity contribution in [2.75, 3.05) is 13.1 Å². The molecule has 4 heteroatoms. The zero-order valence-corrected chi connectivity index (χ0v) is 10.3. The van der Waals surface area contributed by atoms with Crippen LogP contribution in [0.25, 0.3) is 0 Å². The van der Waals surface area contributed by atoms with Crippen LogP contribution in [0.4, 0.5) is 4.79 Å². The minimum atomic E-state index is -0.244. The van der Waals surface area contributed by atoms with E-state index in [1.54, 1.807) is 11.1 Å². The monoisotopic (exact) mass is 246 g/mol. The van der Waals surface area contributed by atoms with Crippen LogP contribution >= 0.6 is 0 Å². The number of carbonyl (C=O) groups is 1. The summed E-state index contributed by atoms with van der Waals surface area (Å²) in [5.41, 5.74) is 6.35. The van der Waals surface area contributed by atoms with Crippen molar-refractivity contribution in [1.29, 1.82) is 0 Å². The highest BCUT2D eigenvalue weighted by atomic mass is 16.6. The number of hydrogen-bond acceptors (Lipinski definition) is 3. The summed E-state index contributed by atoms with van der Waals surface area (Å²) in [7, 11) is 0. The summed E-state index contributed by atoms with van der Waals surface area (Å²) < 4.78 is 5.27. The average Bonchev–Trinajstić information content (AvgIpc) is 2.86. The number of carbonyl (C=O) groups excluding carboxylic acids is 1. The van der Waals surface area contributed by atoms with Crippen LogP contribution in [0, 0.1) is 5.92 Å². The van der Waals surface area contributed by atoms with Gasteiger partial charge in [-0.05, 0) is 24.1 Å². The number of amides is 1. The van der Waals surface area contributed by atoms with Crippen LogP contribution in [-0.2, 0) is 11.3 Å². The zero-order chi connectivity index (χ0) is 12.8. The Morgan fingerprint density at radius 3 is 2.94 bits per heavy atom. The molecule has 1 atom stereocenters. The summed E-state index contributed by atoms with van der Waals surface area (Å²) in [6.45, 7) is 1.76. The Balaban J connectivity index is 1.79. The molecule has 1 saturated heterocycles. The molecule has 1 fully saturated rings. The molecule has 0 aromatic heterocycles. The first-order valence-corrected chi connectivity index (χ1v) is 6.13. The predicted molar refractivity (Wildman–Crippen MR) is 69.6 cm³/mol. The standard InChI is InChI=1S/C14H18N2O2/c15-8-6-12-7-9-16(10-12)14(17)18-11-13-4-2-1-3-5-13/h1-6,8,12H,7,9-11,15H2/b8-6+. The van der Waals surface area contributed by atoms with E-state index in [2.05, 4.69) is 0 Å². The third kappa shape index (κ3) is 3.26. The smallest absolute Gasteiger partial charge is 0.410 e. The summed E-state index contributed by atoms with van der Waals surface area (Å²) in [4.78, 5) is 13.5. The van der Waals surface area contributed by atoms with Gasteiger partial charge in [-0.1, -0.05) is 36.4 Å². The summed E-state index contributed by atoms with van der Waals surface area (Å²) in [6.07, 6.45) is 4.19. The van der Waals surface area contributed by atoms with Crippen LogP contribution in [0.15, 0.2) is 42.6 Å². The lowest BCUT2D eigenvalue weighted by atomic mass is 10.1. The minimum absolute atomic E-state index is 0.244. The lowest BCUT2D eigenvalue weighted by Gasteiger charge is -2.15. The van der Waals surface area contributed by atoms with Crippen LogP contribution in [0.3, 0.4) is 0 Å². The number of nitrogens with two attached hydrogens (primary N) is 1. The third-order valence-electron chi connectivity index (χ3n) is 3.07. The second kappa shape index (κ2) is 6.10. The largest absolute Gasteiger partial charge is 0.445 e. The van der Waals surface area contributed by atoms with Gasteiger partial charge in [-0.2, -0.15) is 0 Å². The van der Waals surface area contributed by atoms with E-state index in [-0.39, 0.29) is 6.09 Å². The van der Waals surface area contributed by atoms with Crippen molar-refractivity contribution in [3.8, 4) is 0 Å². The summed E-state index contributed by atoms with van der Waals surface area (Å²) >= 11 is 0. The number of benzene rings is 1. The van der Waals surface area contributed by atoms with Crippen LogP contribution in [0.2, 0.25) is 0 Å². The van der Waals surface area contributed by atoms with Gasteiger partial charge in [0.25, 0.3) is 0 Å². The Bertz CT molecular complexity index is 417. The molecule has 0 saturated carbocycles. The van der Waals surface area contributed by atoms with Gasteiger partial charge in [0.15, 0.2) is 0 Å². The molecule has 1 aromatic rings. The van der Waals surface area contributed by atoms with Gasteiger partial charge >= 0.3 is 6.09 Å². The van der Waals surface area contributed by atoms with Crippen molar-refractivity contribution in [2.45, 2.75) is 13.0 Å². The van der Waals surface area contributed by atoms with Crippen LogP contribution in [0.1, 0.15) is 12.0 Å². The number of rotatable bonds is 3. The van der Waals surface area contributed by atoms with E-state index >= 15 is 0 Å². The fourth-order valence-electron chi connectivity index (χ4n) is 2.08. The Hall–Kier alpha value is -1.97. The molecule has 18 heavy (non-hydrogen) atoms. The van der Waals surface area contributed by atoms with Gasteiger partial charge in [-0.15, -0.1) is 0 Å². The second-order valence-corrected chi connectivity index (χ2v) is 4.42. The number of likely N-dealkylation sites (tertiary alicyclic amines) is 1. The van der Waals surface area contributed by atoms with Gasteiger partial charge in [0.2, 0.25) is 0 Å². The molecule has 1 amide bonds. The van der Waals surface area contributed by atoms with E-state index in [4.69, 9.17) is 10.5 Å². The molecule has 1 aliphatic rings. The quantitative estimate of drug-likeness (QED) is 0.888. The minimum Gasteiger partial charge on any atom is -0.445 e. The topological polar surface area (TPSA) is 55.6 Å². The summed E-state index contributed by atoms with van der Waals surface area (Å²) in [5.74, 6) is 0.360. The molecule has 1 heterocycles. The maximum absolute atomic E-state index is 11.8. The van der Waals surface area contributed by atoms with Gasteiger partial charge < -0.3 is 15.4 Å². The van der Waals surface area contributed by atoms with Crippen LogP contribution in [-0.4, -0.2) is 24.1 Å². The lowest BCUT2D eigenvalue weighted by Crippen LogP contribution is -2.29. The van der Waals surface area contributed by atoms with Gasteiger partial charge in [-0.25, -0.2) is 4.79 Å². The Morgan fingerprint density at radius 2 is 2.22 bits per heavy atom. The Kier molecular flexibility index (Phi) is 4.23. The van der Waals surface area contributed by atoms with E-state index in [1.807, 2.05) is 36.4 Å². The van der Waals surface area contributed by atoms with Crippen LogP contribution in [0.5, 0.6) is 0 Å². The lowest BCUT2D eigenvalue weighted by molar-refractivity contribution is 0.103. The maximum atomic E-state index is 11.8. The molecule has 1 unspecified atom stereocenters. The highest BCUT2D eigenvalue weighted by molar-refractivity contribution is 5.68. The second-order valence-electron chi connectivity index (χ2n) is 4.42. The molecule has 4 nitrogen and oxygen atoms in total. The Morgan fingerprint density at radius 1 is 1.44 bits per heavy atom. The molecule has 2 N–H and O–H groups in total. The Labute approximate surface area is 107 Å². The van der Waals surface area contributed by atoms with E-state index in [9.17, 15) is 4.79 Å². The van der Waals surface area contributed by atoms with Crippen molar-refractivity contribution in [1.82, 2.24) is 4.90 Å². The number of nitrogens with zero attached hydrogens (tertiary/aromatic N) is 1. The average molecular weight is 246 g/mol. The van der Waals surface area contributed by atoms with Gasteiger partial charge in [0.1, 0.15) is 6.61 Å². The molecule has 1 aromatic carbocycles. The van der Waals surface area contributed by atoms with Crippen molar-refractivity contribution in [2.24, 2.45) is 11.7 Å². The maximum Gasteiger partial charge on any atom is 0.410 e. The fourth-order valence-corrected chi connectivity index (χ4v) is 2.08. The summed E-state index contributed by atoms with van der Waals surface area (Å²) in [5, 5.41) is 0. The van der Waals surface area contributed by atoms with Crippen molar-refractivity contribution >= 4 is 6.09 Å². The highest BCUT2D eigenvalue weighted by Crippen LogP contribution is 2.18. The van der Waals surface area contributed by atoms with Crippen molar-refractivity contribution < 1.29 is 9.53 Å². The molecule has 0 spiro atoms. The van der Waals surface area contributed by atoms with Gasteiger partial charge in [-0.3, -0.25) is 0 Å². The molecule has 0 aliphatic carbocycles. The van der Waals surface area contributed by atoms with E-state index in [0.29, 0.717) is 19.1 Å². The fraction of sp³-hybridized carbons (Fsp3) is 0.357.